The molecule has 0 saturated carbocycles. The van der Waals surface area contributed by atoms with Gasteiger partial charge in [0.05, 0.1) is 0 Å². The largest absolute Gasteiger partial charge is 0.0654 e. The number of unbranched alkanes of at least 4 members (excludes halogenated alkanes) is 10. The molecule has 0 aromatic heterocycles. The van der Waals surface area contributed by atoms with Gasteiger partial charge in [-0.25, -0.2) is 0 Å². The molecule has 0 atom stereocenters. The van der Waals surface area contributed by atoms with E-state index in [2.05, 4.69) is 34.6 Å². The Hall–Kier alpha value is 0. The summed E-state index contributed by atoms with van der Waals surface area (Å²) >= 11 is 0. The second-order valence-electron chi connectivity index (χ2n) is 9.84. The summed E-state index contributed by atoms with van der Waals surface area (Å²) in [5.74, 6) is 2.82. The molecule has 0 saturated heterocycles. The molecule has 0 bridgehead atoms. The highest BCUT2D eigenvalue weighted by Crippen LogP contribution is 2.24. The lowest BCUT2D eigenvalue weighted by atomic mass is 9.89. The Morgan fingerprint density at radius 3 is 1.04 bits per heavy atom. The molecule has 0 amide bonds. The number of hydrogen-bond donors (Lipinski definition) is 0. The second-order valence-corrected chi connectivity index (χ2v) is 9.84. The van der Waals surface area contributed by atoms with Crippen LogP contribution in [0.2, 0.25) is 0 Å². The molecule has 0 spiro atoms. The van der Waals surface area contributed by atoms with E-state index >= 15 is 0 Å². The van der Waals surface area contributed by atoms with Crippen LogP contribution >= 0.6 is 0 Å². The van der Waals surface area contributed by atoms with E-state index in [0.717, 1.165) is 17.8 Å². The average molecular weight is 367 g/mol. The maximum atomic E-state index is 2.35. The summed E-state index contributed by atoms with van der Waals surface area (Å²) < 4.78 is 0. The molecule has 0 aliphatic carbocycles. The van der Waals surface area contributed by atoms with E-state index in [-0.39, 0.29) is 0 Å². The maximum Gasteiger partial charge on any atom is -0.0414 e. The lowest BCUT2D eigenvalue weighted by Gasteiger charge is -2.17. The van der Waals surface area contributed by atoms with Crippen LogP contribution in [0.15, 0.2) is 0 Å². The molecule has 0 radical (unpaired) electrons. The molecule has 0 aromatic carbocycles. The molecule has 0 aromatic rings. The zero-order chi connectivity index (χ0) is 19.5. The Kier molecular flexibility index (Phi) is 19.8. The van der Waals surface area contributed by atoms with Gasteiger partial charge in [0.15, 0.2) is 0 Å². The molecule has 158 valence electrons. The Morgan fingerprint density at radius 2 is 0.692 bits per heavy atom. The molecular weight excluding hydrogens is 312 g/mol. The van der Waals surface area contributed by atoms with Crippen molar-refractivity contribution in [1.29, 1.82) is 0 Å². The van der Waals surface area contributed by atoms with Gasteiger partial charge in [0.2, 0.25) is 0 Å². The molecule has 0 aliphatic heterocycles. The van der Waals surface area contributed by atoms with Gasteiger partial charge in [0.25, 0.3) is 0 Å². The fourth-order valence-corrected chi connectivity index (χ4v) is 4.15. The first kappa shape index (κ1) is 26.0. The van der Waals surface area contributed by atoms with Crippen LogP contribution in [-0.2, 0) is 0 Å². The van der Waals surface area contributed by atoms with Gasteiger partial charge in [-0.05, 0) is 17.8 Å². The van der Waals surface area contributed by atoms with Crippen molar-refractivity contribution >= 4 is 0 Å². The van der Waals surface area contributed by atoms with Crippen LogP contribution in [0, 0.1) is 17.8 Å². The fourth-order valence-electron chi connectivity index (χ4n) is 4.15. The molecule has 0 N–H and O–H groups in total. The van der Waals surface area contributed by atoms with Crippen LogP contribution in [0.4, 0.5) is 0 Å². The lowest BCUT2D eigenvalue weighted by molar-refractivity contribution is 0.366. The summed E-state index contributed by atoms with van der Waals surface area (Å²) in [7, 11) is 0. The highest BCUT2D eigenvalue weighted by Gasteiger charge is 2.08. The zero-order valence-corrected chi connectivity index (χ0v) is 19.5. The van der Waals surface area contributed by atoms with Gasteiger partial charge in [0.1, 0.15) is 0 Å². The van der Waals surface area contributed by atoms with Crippen molar-refractivity contribution in [3.63, 3.8) is 0 Å². The minimum absolute atomic E-state index is 0.892. The summed E-state index contributed by atoms with van der Waals surface area (Å²) in [6.45, 7) is 11.7. The smallest absolute Gasteiger partial charge is 0.0414 e. The van der Waals surface area contributed by atoms with Gasteiger partial charge in [-0.1, -0.05) is 150 Å². The van der Waals surface area contributed by atoms with Crippen molar-refractivity contribution in [2.24, 2.45) is 17.8 Å². The van der Waals surface area contributed by atoms with Crippen molar-refractivity contribution in [2.75, 3.05) is 0 Å². The Morgan fingerprint density at radius 1 is 0.385 bits per heavy atom. The molecule has 0 nitrogen and oxygen atoms in total. The predicted molar refractivity (Wildman–Crippen MR) is 122 cm³/mol. The number of hydrogen-bond acceptors (Lipinski definition) is 0. The van der Waals surface area contributed by atoms with E-state index in [1.54, 1.807) is 0 Å². The maximum absolute atomic E-state index is 2.35. The molecule has 0 fully saturated rings. The molecule has 0 heteroatoms. The molecule has 0 heterocycles. The second kappa shape index (κ2) is 19.8. The van der Waals surface area contributed by atoms with Crippen LogP contribution in [0.3, 0.4) is 0 Å². The Labute approximate surface area is 168 Å². The van der Waals surface area contributed by atoms with E-state index in [1.807, 2.05) is 0 Å². The SMILES string of the molecule is CCCCCC(CCCCCCCC(C)C)CCCCCCCC(C)C. The highest BCUT2D eigenvalue weighted by molar-refractivity contribution is 4.62. The first-order chi connectivity index (χ1) is 12.6. The average Bonchev–Trinajstić information content (AvgIpc) is 2.59. The summed E-state index contributed by atoms with van der Waals surface area (Å²) in [6.07, 6.45) is 26.4. The third-order valence-electron chi connectivity index (χ3n) is 6.00. The van der Waals surface area contributed by atoms with Crippen molar-refractivity contribution in [3.8, 4) is 0 Å². The summed E-state index contributed by atoms with van der Waals surface area (Å²) in [5.41, 5.74) is 0. The van der Waals surface area contributed by atoms with E-state index in [9.17, 15) is 0 Å². The van der Waals surface area contributed by atoms with Crippen LogP contribution in [0.5, 0.6) is 0 Å². The molecular formula is C26H54. The third kappa shape index (κ3) is 20.3. The standard InChI is InChI=1S/C26H54/c1-6-7-14-21-26(22-17-12-8-10-15-19-24(2)3)23-18-13-9-11-16-20-25(4)5/h24-26H,6-23H2,1-5H3. The van der Waals surface area contributed by atoms with Crippen LogP contribution in [0.1, 0.15) is 150 Å². The minimum atomic E-state index is 0.892. The third-order valence-corrected chi connectivity index (χ3v) is 6.00. The molecule has 0 rings (SSSR count). The summed E-state index contributed by atoms with van der Waals surface area (Å²) in [5, 5.41) is 0. The van der Waals surface area contributed by atoms with Gasteiger partial charge in [-0.3, -0.25) is 0 Å². The Bertz CT molecular complexity index is 231. The topological polar surface area (TPSA) is 0 Å². The van der Waals surface area contributed by atoms with E-state index in [4.69, 9.17) is 0 Å². The quantitative estimate of drug-likeness (QED) is 0.188. The van der Waals surface area contributed by atoms with Gasteiger partial charge in [0, 0.05) is 0 Å². The van der Waals surface area contributed by atoms with Crippen molar-refractivity contribution in [2.45, 2.75) is 150 Å². The van der Waals surface area contributed by atoms with Crippen molar-refractivity contribution in [3.05, 3.63) is 0 Å². The lowest BCUT2D eigenvalue weighted by Crippen LogP contribution is -2.01. The zero-order valence-electron chi connectivity index (χ0n) is 19.5. The van der Waals surface area contributed by atoms with Gasteiger partial charge in [-0.2, -0.15) is 0 Å². The fraction of sp³-hybridized carbons (Fsp3) is 1.00. The van der Waals surface area contributed by atoms with Crippen LogP contribution in [-0.4, -0.2) is 0 Å². The summed E-state index contributed by atoms with van der Waals surface area (Å²) in [6, 6.07) is 0. The number of rotatable bonds is 20. The predicted octanol–water partition coefficient (Wildman–Crippen LogP) is 9.96. The Balaban J connectivity index is 3.70. The molecule has 26 heavy (non-hydrogen) atoms. The van der Waals surface area contributed by atoms with Crippen LogP contribution in [0.25, 0.3) is 0 Å². The van der Waals surface area contributed by atoms with Gasteiger partial charge < -0.3 is 0 Å². The normalized spacial score (nSPS) is 12.0. The van der Waals surface area contributed by atoms with E-state index in [0.29, 0.717) is 0 Å². The molecule has 0 aliphatic rings. The van der Waals surface area contributed by atoms with Crippen molar-refractivity contribution < 1.29 is 0 Å². The van der Waals surface area contributed by atoms with Crippen LogP contribution < -0.4 is 0 Å². The van der Waals surface area contributed by atoms with Gasteiger partial charge >= 0.3 is 0 Å². The summed E-state index contributed by atoms with van der Waals surface area (Å²) in [4.78, 5) is 0. The monoisotopic (exact) mass is 366 g/mol. The highest BCUT2D eigenvalue weighted by atomic mass is 14.1. The van der Waals surface area contributed by atoms with Crippen molar-refractivity contribution in [1.82, 2.24) is 0 Å². The van der Waals surface area contributed by atoms with Gasteiger partial charge in [-0.15, -0.1) is 0 Å². The first-order valence-corrected chi connectivity index (χ1v) is 12.6. The first-order valence-electron chi connectivity index (χ1n) is 12.6. The van der Waals surface area contributed by atoms with E-state index in [1.165, 1.54) is 116 Å². The van der Waals surface area contributed by atoms with E-state index < -0.39 is 0 Å². The molecule has 0 unspecified atom stereocenters. The minimum Gasteiger partial charge on any atom is -0.0654 e.